The van der Waals surface area contributed by atoms with Crippen molar-refractivity contribution >= 4 is 86.0 Å². The van der Waals surface area contributed by atoms with Gasteiger partial charge in [0.05, 0.1) is 24.5 Å². The normalized spacial score (nSPS) is 28.2. The second-order valence-electron chi connectivity index (χ2n) is 19.7. The van der Waals surface area contributed by atoms with Gasteiger partial charge < -0.3 is 52.2 Å². The van der Waals surface area contributed by atoms with Crippen LogP contribution >= 0.6 is 21.6 Å². The topological polar surface area (TPSA) is 290 Å². The summed E-state index contributed by atoms with van der Waals surface area (Å²) in [5.74, 6) is -8.47. The fourth-order valence-electron chi connectivity index (χ4n) is 10.0. The molecule has 4 heterocycles. The Morgan fingerprint density at radius 2 is 1.58 bits per heavy atom. The molecule has 1 aliphatic carbocycles. The molecular weight excluding hydrogens is 967 g/mol. The van der Waals surface area contributed by atoms with E-state index >= 15 is 0 Å². The van der Waals surface area contributed by atoms with Crippen molar-refractivity contribution in [3.05, 3.63) is 41.5 Å². The molecule has 0 radical (unpaired) electrons. The lowest BCUT2D eigenvalue weighted by Crippen LogP contribution is -2.56. The van der Waals surface area contributed by atoms with Gasteiger partial charge in [-0.1, -0.05) is 64.8 Å². The first-order valence-corrected chi connectivity index (χ1v) is 27.7. The van der Waals surface area contributed by atoms with E-state index in [9.17, 15) is 47.9 Å². The van der Waals surface area contributed by atoms with Gasteiger partial charge in [0.15, 0.2) is 18.2 Å². The maximum atomic E-state index is 14.6. The molecule has 7 amide bonds. The third kappa shape index (κ3) is 15.6. The van der Waals surface area contributed by atoms with Gasteiger partial charge in [-0.15, -0.1) is 0 Å². The fourth-order valence-corrected chi connectivity index (χ4v) is 12.4. The molecule has 394 valence electrons. The highest BCUT2D eigenvalue weighted by molar-refractivity contribution is 8.76. The van der Waals surface area contributed by atoms with Crippen LogP contribution in [0.3, 0.4) is 0 Å². The minimum Gasteiger partial charge on any atom is -0.454 e. The third-order valence-electron chi connectivity index (χ3n) is 14.1. The molecule has 0 saturated carbocycles. The van der Waals surface area contributed by atoms with Gasteiger partial charge in [-0.05, 0) is 95.1 Å². The predicted molar refractivity (Wildman–Crippen MR) is 271 cm³/mol. The zero-order chi connectivity index (χ0) is 51.9. The Bertz CT molecular complexity index is 2230. The number of nitrogens with two attached hydrogens (primary N) is 2. The van der Waals surface area contributed by atoms with Crippen LogP contribution in [0, 0.1) is 11.8 Å². The molecule has 22 heteroatoms. The van der Waals surface area contributed by atoms with Crippen molar-refractivity contribution in [2.24, 2.45) is 23.3 Å². The number of hydrogen-bond acceptors (Lipinski definition) is 15. The molecule has 1 aromatic carbocycles. The number of carbonyl (C=O) groups excluding carboxylic acids is 10. The number of ketones is 2. The quantitative estimate of drug-likeness (QED) is 0.113. The first-order valence-electron chi connectivity index (χ1n) is 25.2. The van der Waals surface area contributed by atoms with Gasteiger partial charge >= 0.3 is 5.97 Å². The minimum atomic E-state index is -1.54. The van der Waals surface area contributed by atoms with E-state index in [1.54, 1.807) is 0 Å². The Hall–Kier alpha value is -5.32. The Balaban J connectivity index is 1.39. The molecule has 5 aliphatic rings. The lowest BCUT2D eigenvalue weighted by Gasteiger charge is -2.30. The zero-order valence-electron chi connectivity index (χ0n) is 41.4. The number of nitrogens with zero attached hydrogens (tertiary/aromatic N) is 3. The number of hydrogen-bond donors (Lipinski definition) is 6. The molecule has 20 nitrogen and oxygen atoms in total. The second kappa shape index (κ2) is 27.1. The van der Waals surface area contributed by atoms with E-state index < -0.39 is 120 Å². The number of benzene rings is 1. The maximum Gasteiger partial charge on any atom is 0.329 e. The number of ether oxygens (including phenoxy) is 1. The summed E-state index contributed by atoms with van der Waals surface area (Å²) in [6.07, 6.45) is 5.00. The van der Waals surface area contributed by atoms with Gasteiger partial charge in [-0.2, -0.15) is 0 Å². The van der Waals surface area contributed by atoms with Crippen molar-refractivity contribution in [2.75, 3.05) is 58.4 Å². The van der Waals surface area contributed by atoms with Crippen LogP contribution in [0.25, 0.3) is 5.57 Å². The number of primary amides is 1. The van der Waals surface area contributed by atoms with Crippen LogP contribution in [-0.4, -0.2) is 168 Å². The van der Waals surface area contributed by atoms with Crippen LogP contribution in [0.15, 0.2) is 30.3 Å². The first-order chi connectivity index (χ1) is 34.5. The highest BCUT2D eigenvalue weighted by Gasteiger charge is 2.41. The number of carbonyl (C=O) groups is 10. The zero-order valence-corrected chi connectivity index (χ0v) is 43.0. The Morgan fingerprint density at radius 3 is 2.36 bits per heavy atom. The smallest absolute Gasteiger partial charge is 0.329 e. The van der Waals surface area contributed by atoms with Gasteiger partial charge in [0, 0.05) is 62.2 Å². The van der Waals surface area contributed by atoms with Crippen LogP contribution in [0.4, 0.5) is 0 Å². The van der Waals surface area contributed by atoms with Crippen molar-refractivity contribution in [1.82, 2.24) is 36.0 Å². The number of cyclic esters (lactones) is 1. The highest BCUT2D eigenvalue weighted by atomic mass is 33.1. The average molecular weight is 1040 g/mol. The number of allylic oxidation sites excluding steroid dienone is 1. The summed E-state index contributed by atoms with van der Waals surface area (Å²) < 4.78 is 5.69. The van der Waals surface area contributed by atoms with Crippen molar-refractivity contribution < 1.29 is 52.7 Å². The van der Waals surface area contributed by atoms with Crippen LogP contribution in [0.2, 0.25) is 0 Å². The lowest BCUT2D eigenvalue weighted by molar-refractivity contribution is -0.155. The standard InChI is InChI=1S/C50H71N9O11S2/c1-57(2)20-8-6-13-32-24-41(60)38-29-72-71-28-35(51)48(67)53-19-7-5-12-33(46(65)55-36(26-43(62)54-38)49(68)59-22-10-16-40(59)45(52)64)25-42(61)39-15-9-21-58(39)44(63)27-70-50(69)37(56-47(32)66)23-31-18-17-30-11-3-4-14-34(30)31/h3-4,11,14,18,32-33,35-40H,5-10,12-13,15-17,19-29,51H2,1-2H3,(H2,52,64)(H,53,67)(H,54,62)(H,55,65)(H,56,66)/t32-,33-,35+,36+,37+,38+,39+,40?/m1/s1. The third-order valence-corrected chi connectivity index (χ3v) is 16.5. The van der Waals surface area contributed by atoms with Gasteiger partial charge in [-0.3, -0.25) is 43.2 Å². The van der Waals surface area contributed by atoms with E-state index in [0.29, 0.717) is 51.5 Å². The van der Waals surface area contributed by atoms with Crippen molar-refractivity contribution in [3.63, 3.8) is 0 Å². The number of nitrogens with one attached hydrogen (secondary N) is 4. The number of fused-ring (bicyclic) bond motifs is 9. The Labute approximate surface area is 428 Å². The molecule has 6 rings (SSSR count). The second-order valence-corrected chi connectivity index (χ2v) is 22.2. The SMILES string of the molecule is CN(C)CCCC[C@@H]1CC(=O)[C@@H]2CSSC[C@H](N)C(=O)NCCCC[C@H](CC(=O)[C@@H]3CCCN3C(=O)COC(=O)[C@H](CC3=CCc4ccccc43)NC1=O)C(=O)N[C@H](C(=O)N1CCCC1C(N)=O)CC(=O)N2. The number of rotatable bonds is 9. The molecule has 8 atom stereocenters. The van der Waals surface area contributed by atoms with E-state index in [0.717, 1.165) is 16.7 Å². The number of likely N-dealkylation sites (tertiary alicyclic amines) is 1. The molecule has 72 heavy (non-hydrogen) atoms. The first kappa shape index (κ1) is 56.0. The van der Waals surface area contributed by atoms with Crippen molar-refractivity contribution in [1.29, 1.82) is 0 Å². The van der Waals surface area contributed by atoms with Crippen LogP contribution in [0.1, 0.15) is 101 Å². The number of unbranched alkanes of at least 4 members (excludes halogenated alkanes) is 1. The number of Topliss-reactive ketones (excluding diaryl/α,β-unsaturated/α-hetero) is 2. The summed E-state index contributed by atoms with van der Waals surface area (Å²) >= 11 is 0. The van der Waals surface area contributed by atoms with Crippen molar-refractivity contribution in [2.45, 2.75) is 133 Å². The number of esters is 1. The molecular formula is C50H71N9O11S2. The fraction of sp³-hybridized carbons (Fsp3) is 0.640. The van der Waals surface area contributed by atoms with E-state index in [1.165, 1.54) is 31.4 Å². The highest BCUT2D eigenvalue weighted by Crippen LogP contribution is 2.32. The van der Waals surface area contributed by atoms with Crippen LogP contribution in [-0.2, 0) is 59.1 Å². The summed E-state index contributed by atoms with van der Waals surface area (Å²) in [5.41, 5.74) is 14.7. The molecule has 1 unspecified atom stereocenters. The summed E-state index contributed by atoms with van der Waals surface area (Å²) in [7, 11) is 6.23. The molecule has 2 bridgehead atoms. The number of amides is 7. The van der Waals surface area contributed by atoms with Gasteiger partial charge in [0.2, 0.25) is 35.4 Å². The van der Waals surface area contributed by atoms with Gasteiger partial charge in [0.1, 0.15) is 18.1 Å². The summed E-state index contributed by atoms with van der Waals surface area (Å²) in [6.45, 7) is 0.504. The molecule has 8 N–H and O–H groups in total. The molecule has 0 spiro atoms. The molecule has 0 aromatic heterocycles. The van der Waals surface area contributed by atoms with Crippen molar-refractivity contribution in [3.8, 4) is 0 Å². The summed E-state index contributed by atoms with van der Waals surface area (Å²) in [5, 5.41) is 11.2. The minimum absolute atomic E-state index is 0.0234. The maximum absolute atomic E-state index is 14.6. The molecule has 4 fully saturated rings. The monoisotopic (exact) mass is 1040 g/mol. The van der Waals surface area contributed by atoms with E-state index in [1.807, 2.05) is 49.3 Å². The van der Waals surface area contributed by atoms with Gasteiger partial charge in [0.25, 0.3) is 5.91 Å². The average Bonchev–Trinajstić information content (AvgIpc) is 4.14. The van der Waals surface area contributed by atoms with E-state index in [2.05, 4.69) is 21.3 Å². The van der Waals surface area contributed by atoms with Gasteiger partial charge in [-0.25, -0.2) is 4.79 Å². The largest absolute Gasteiger partial charge is 0.454 e. The lowest BCUT2D eigenvalue weighted by atomic mass is 9.91. The molecule has 1 aromatic rings. The van der Waals surface area contributed by atoms with Crippen LogP contribution < -0.4 is 32.7 Å². The molecule has 4 saturated heterocycles. The predicted octanol–water partition coefficient (Wildman–Crippen LogP) is 0.776. The van der Waals surface area contributed by atoms with E-state index in [-0.39, 0.29) is 76.1 Å². The Morgan fingerprint density at radius 1 is 0.819 bits per heavy atom. The van der Waals surface area contributed by atoms with Crippen LogP contribution in [0.5, 0.6) is 0 Å². The van der Waals surface area contributed by atoms with E-state index in [4.69, 9.17) is 16.2 Å². The molecule has 4 aliphatic heterocycles. The Kier molecular flexibility index (Phi) is 21.1. The summed E-state index contributed by atoms with van der Waals surface area (Å²) in [4.78, 5) is 145. The summed E-state index contributed by atoms with van der Waals surface area (Å²) in [6, 6.07) is 0.750.